The fraction of sp³-hybridized carbons (Fsp3) is 0.174. The Hall–Kier alpha value is -3.52. The number of nitrogen functional groups attached to an aromatic ring is 1. The number of fused-ring (bicyclic) bond motifs is 1. The first kappa shape index (κ1) is 19.4. The van der Waals surface area contributed by atoms with Crippen molar-refractivity contribution in [1.82, 2.24) is 9.97 Å². The molecule has 2 aromatic carbocycles. The van der Waals surface area contributed by atoms with Gasteiger partial charge in [-0.25, -0.2) is 14.8 Å². The molecule has 0 unspecified atom stereocenters. The molecule has 0 amide bonds. The average molecular weight is 433 g/mol. The molecule has 0 radical (unpaired) electrons. The highest BCUT2D eigenvalue weighted by Gasteiger charge is 2.40. The van der Waals surface area contributed by atoms with Crippen LogP contribution in [0.3, 0.4) is 0 Å². The fourth-order valence-electron chi connectivity index (χ4n) is 3.89. The summed E-state index contributed by atoms with van der Waals surface area (Å²) in [4.78, 5) is 21.6. The third-order valence-corrected chi connectivity index (χ3v) is 5.86. The maximum Gasteiger partial charge on any atom is 0.337 e. The lowest BCUT2D eigenvalue weighted by Crippen LogP contribution is -2.23. The molecule has 0 saturated heterocycles. The number of hydrogen-bond donors (Lipinski definition) is 2. The molecule has 2 aliphatic heterocycles. The molecule has 3 aromatic rings. The summed E-state index contributed by atoms with van der Waals surface area (Å²) in [5.74, 6) is 0.859. The van der Waals surface area contributed by atoms with E-state index in [1.165, 1.54) is 11.8 Å². The highest BCUT2D eigenvalue weighted by molar-refractivity contribution is 7.98. The van der Waals surface area contributed by atoms with E-state index in [1.807, 2.05) is 60.9 Å². The van der Waals surface area contributed by atoms with Crippen molar-refractivity contribution < 1.29 is 14.3 Å². The summed E-state index contributed by atoms with van der Waals surface area (Å²) in [5, 5.41) is 3.79. The van der Waals surface area contributed by atoms with E-state index in [9.17, 15) is 4.79 Å². The van der Waals surface area contributed by atoms with Gasteiger partial charge in [-0.15, -0.1) is 0 Å². The second kappa shape index (κ2) is 7.96. The van der Waals surface area contributed by atoms with E-state index in [2.05, 4.69) is 15.3 Å². The van der Waals surface area contributed by atoms with Gasteiger partial charge in [0.2, 0.25) is 0 Å². The molecule has 2 aliphatic rings. The van der Waals surface area contributed by atoms with Crippen LogP contribution in [0.4, 0.5) is 11.6 Å². The number of nitrogens with two attached hydrogens (primary N) is 1. The van der Waals surface area contributed by atoms with Crippen molar-refractivity contribution in [2.75, 3.05) is 23.9 Å². The Labute approximate surface area is 183 Å². The van der Waals surface area contributed by atoms with Gasteiger partial charge in [-0.05, 0) is 29.5 Å². The number of esters is 1. The number of aromatic nitrogens is 2. The Kier molecular flexibility index (Phi) is 4.99. The lowest BCUT2D eigenvalue weighted by molar-refractivity contribution is -0.136. The van der Waals surface area contributed by atoms with Crippen LogP contribution < -0.4 is 15.8 Å². The van der Waals surface area contributed by atoms with E-state index in [4.69, 9.17) is 15.2 Å². The van der Waals surface area contributed by atoms with Crippen LogP contribution >= 0.6 is 11.8 Å². The zero-order chi connectivity index (χ0) is 21.4. The summed E-state index contributed by atoms with van der Waals surface area (Å²) in [6.07, 6.45) is 1.89. The summed E-state index contributed by atoms with van der Waals surface area (Å²) in [5.41, 5.74) is 10.2. The molecular formula is C23H20N4O3S. The topological polar surface area (TPSA) is 99.4 Å². The quantitative estimate of drug-likeness (QED) is 0.357. The number of anilines is 2. The monoisotopic (exact) mass is 432 g/mol. The SMILES string of the molecule is CSc1nc(N)c2c(n1)NC1=C(C(=O)OC1)[C@H]2c1cccc(OCc2ccccc2)c1. The van der Waals surface area contributed by atoms with Gasteiger partial charge < -0.3 is 20.5 Å². The van der Waals surface area contributed by atoms with E-state index in [0.717, 1.165) is 11.1 Å². The van der Waals surface area contributed by atoms with Crippen molar-refractivity contribution in [1.29, 1.82) is 0 Å². The fourth-order valence-corrected chi connectivity index (χ4v) is 4.27. The molecular weight excluding hydrogens is 412 g/mol. The molecule has 7 nitrogen and oxygen atoms in total. The Morgan fingerprint density at radius 3 is 2.84 bits per heavy atom. The number of nitrogens with zero attached hydrogens (tertiary/aromatic N) is 2. The first-order chi connectivity index (χ1) is 15.1. The number of ether oxygens (including phenoxy) is 2. The summed E-state index contributed by atoms with van der Waals surface area (Å²) in [6.45, 7) is 0.637. The lowest BCUT2D eigenvalue weighted by Gasteiger charge is -2.27. The van der Waals surface area contributed by atoms with Crippen LogP contribution in [0.15, 0.2) is 71.0 Å². The number of thioether (sulfide) groups is 1. The van der Waals surface area contributed by atoms with Crippen molar-refractivity contribution >= 4 is 29.4 Å². The van der Waals surface area contributed by atoms with E-state index >= 15 is 0 Å². The number of carbonyl (C=O) groups is 1. The largest absolute Gasteiger partial charge is 0.489 e. The number of rotatable bonds is 5. The Morgan fingerprint density at radius 2 is 2.03 bits per heavy atom. The zero-order valence-electron chi connectivity index (χ0n) is 16.8. The maximum atomic E-state index is 12.6. The standard InChI is InChI=1S/C23H20N4O3S/c1-31-23-26-20(24)19-17(18-16(12-30-22(18)28)25-21(19)27-23)14-8-5-9-15(10-14)29-11-13-6-3-2-4-7-13/h2-10,17H,11-12H2,1H3,(H3,24,25,26,27)/t17-/m1/s1. The van der Waals surface area contributed by atoms with Gasteiger partial charge in [0.05, 0.1) is 17.2 Å². The molecule has 3 heterocycles. The average Bonchev–Trinajstić information content (AvgIpc) is 3.17. The smallest absolute Gasteiger partial charge is 0.337 e. The van der Waals surface area contributed by atoms with Crippen LogP contribution in [0.25, 0.3) is 0 Å². The summed E-state index contributed by atoms with van der Waals surface area (Å²) in [6, 6.07) is 17.6. The predicted octanol–water partition coefficient (Wildman–Crippen LogP) is 3.73. The van der Waals surface area contributed by atoms with E-state index in [1.54, 1.807) is 0 Å². The third kappa shape index (κ3) is 3.59. The van der Waals surface area contributed by atoms with Gasteiger partial charge >= 0.3 is 5.97 Å². The van der Waals surface area contributed by atoms with Crippen LogP contribution in [0.5, 0.6) is 5.75 Å². The number of nitrogens with one attached hydrogen (secondary N) is 1. The number of hydrogen-bond acceptors (Lipinski definition) is 8. The van der Waals surface area contributed by atoms with Crippen molar-refractivity contribution in [2.24, 2.45) is 0 Å². The minimum absolute atomic E-state index is 0.187. The normalized spacial score (nSPS) is 16.9. The van der Waals surface area contributed by atoms with Gasteiger partial charge in [-0.3, -0.25) is 0 Å². The maximum absolute atomic E-state index is 12.6. The molecule has 156 valence electrons. The van der Waals surface area contributed by atoms with Crippen LogP contribution in [0.1, 0.15) is 22.6 Å². The van der Waals surface area contributed by atoms with Gasteiger partial charge in [0.15, 0.2) is 5.16 Å². The molecule has 3 N–H and O–H groups in total. The number of cyclic esters (lactones) is 1. The Balaban J connectivity index is 1.55. The molecule has 1 atom stereocenters. The van der Waals surface area contributed by atoms with Crippen LogP contribution in [0, 0.1) is 0 Å². The highest BCUT2D eigenvalue weighted by atomic mass is 32.2. The molecule has 1 aromatic heterocycles. The first-order valence-electron chi connectivity index (χ1n) is 9.79. The molecule has 0 aliphatic carbocycles. The first-order valence-corrected chi connectivity index (χ1v) is 11.0. The summed E-state index contributed by atoms with van der Waals surface area (Å²) in [7, 11) is 0. The summed E-state index contributed by atoms with van der Waals surface area (Å²) < 4.78 is 11.3. The van der Waals surface area contributed by atoms with E-state index in [-0.39, 0.29) is 12.6 Å². The second-order valence-electron chi connectivity index (χ2n) is 7.23. The van der Waals surface area contributed by atoms with Crippen LogP contribution in [0.2, 0.25) is 0 Å². The van der Waals surface area contributed by atoms with Crippen molar-refractivity contribution in [2.45, 2.75) is 17.7 Å². The molecule has 0 bridgehead atoms. The van der Waals surface area contributed by atoms with Gasteiger partial charge in [0, 0.05) is 5.56 Å². The van der Waals surface area contributed by atoms with Crippen molar-refractivity contribution in [3.8, 4) is 5.75 Å². The van der Waals surface area contributed by atoms with Gasteiger partial charge in [-0.1, -0.05) is 54.2 Å². The van der Waals surface area contributed by atoms with Gasteiger partial charge in [0.1, 0.15) is 30.6 Å². The van der Waals surface area contributed by atoms with Crippen molar-refractivity contribution in [3.05, 3.63) is 82.6 Å². The Bertz CT molecular complexity index is 1200. The predicted molar refractivity (Wildman–Crippen MR) is 119 cm³/mol. The second-order valence-corrected chi connectivity index (χ2v) is 8.00. The van der Waals surface area contributed by atoms with Crippen LogP contribution in [-0.4, -0.2) is 28.8 Å². The lowest BCUT2D eigenvalue weighted by atomic mass is 9.82. The van der Waals surface area contributed by atoms with Gasteiger partial charge in [0.25, 0.3) is 0 Å². The number of carbonyl (C=O) groups excluding carboxylic acids is 1. The molecule has 8 heteroatoms. The molecule has 5 rings (SSSR count). The highest BCUT2D eigenvalue weighted by Crippen LogP contribution is 2.46. The third-order valence-electron chi connectivity index (χ3n) is 5.32. The van der Waals surface area contributed by atoms with E-state index < -0.39 is 5.92 Å². The van der Waals surface area contributed by atoms with Gasteiger partial charge in [-0.2, -0.15) is 0 Å². The minimum atomic E-state index is -0.433. The van der Waals surface area contributed by atoms with Crippen molar-refractivity contribution in [3.63, 3.8) is 0 Å². The molecule has 0 saturated carbocycles. The Morgan fingerprint density at radius 1 is 1.19 bits per heavy atom. The summed E-state index contributed by atoms with van der Waals surface area (Å²) >= 11 is 1.41. The number of benzene rings is 2. The van der Waals surface area contributed by atoms with E-state index in [0.29, 0.717) is 46.0 Å². The molecule has 0 spiro atoms. The zero-order valence-corrected chi connectivity index (χ0v) is 17.6. The molecule has 31 heavy (non-hydrogen) atoms. The molecule has 0 fully saturated rings. The van der Waals surface area contributed by atoms with Crippen LogP contribution in [-0.2, 0) is 16.1 Å². The minimum Gasteiger partial charge on any atom is -0.489 e.